The number of aromatic nitrogens is 2. The van der Waals surface area contributed by atoms with E-state index >= 15 is 0 Å². The van der Waals surface area contributed by atoms with Crippen molar-refractivity contribution in [3.05, 3.63) is 41.3 Å². The van der Waals surface area contributed by atoms with Gasteiger partial charge in [-0.1, -0.05) is 19.4 Å². The molecule has 0 fully saturated rings. The Hall–Kier alpha value is -2.83. The second-order valence-electron chi connectivity index (χ2n) is 5.84. The molecule has 1 aromatic heterocycles. The topological polar surface area (TPSA) is 85.4 Å². The smallest absolute Gasteiger partial charge is 0.270 e. The van der Waals surface area contributed by atoms with Gasteiger partial charge in [-0.25, -0.2) is 9.97 Å². The van der Waals surface area contributed by atoms with E-state index < -0.39 is 0 Å². The van der Waals surface area contributed by atoms with Crippen molar-refractivity contribution < 1.29 is 14.3 Å². The van der Waals surface area contributed by atoms with Gasteiger partial charge in [0.2, 0.25) is 0 Å². The van der Waals surface area contributed by atoms with Gasteiger partial charge in [-0.3, -0.25) is 4.79 Å². The molecule has 140 valence electrons. The lowest BCUT2D eigenvalue weighted by molar-refractivity contribution is 0.0945. The minimum atomic E-state index is -0.246. The van der Waals surface area contributed by atoms with Crippen LogP contribution in [-0.4, -0.2) is 36.6 Å². The van der Waals surface area contributed by atoms with Crippen molar-refractivity contribution in [2.75, 3.05) is 26.1 Å². The lowest BCUT2D eigenvalue weighted by atomic mass is 10.2. The molecule has 1 amide bonds. The van der Waals surface area contributed by atoms with Crippen LogP contribution in [0.15, 0.2) is 24.3 Å². The van der Waals surface area contributed by atoms with Crippen LogP contribution in [0, 0.1) is 6.92 Å². The highest BCUT2D eigenvalue weighted by molar-refractivity contribution is 5.92. The fourth-order valence-corrected chi connectivity index (χ4v) is 2.43. The van der Waals surface area contributed by atoms with Crippen LogP contribution < -0.4 is 20.1 Å². The van der Waals surface area contributed by atoms with Crippen molar-refractivity contribution in [3.63, 3.8) is 0 Å². The normalized spacial score (nSPS) is 10.3. The van der Waals surface area contributed by atoms with Gasteiger partial charge in [0.1, 0.15) is 17.3 Å². The summed E-state index contributed by atoms with van der Waals surface area (Å²) in [6.45, 7) is 5.08. The number of methoxy groups -OCH3 is 2. The Balaban J connectivity index is 2.03. The Labute approximate surface area is 154 Å². The average molecular weight is 358 g/mol. The van der Waals surface area contributed by atoms with E-state index in [9.17, 15) is 4.79 Å². The molecule has 1 aromatic carbocycles. The molecule has 0 bridgehead atoms. The Morgan fingerprint density at radius 1 is 1.12 bits per heavy atom. The SMILES string of the molecule is CCCCNc1cc(C(=O)NCc2ccc(OC)c(OC)c2)nc(C)n1. The number of carbonyl (C=O) groups is 1. The van der Waals surface area contributed by atoms with Gasteiger partial charge in [-0.15, -0.1) is 0 Å². The fourth-order valence-electron chi connectivity index (χ4n) is 2.43. The molecule has 0 aliphatic rings. The van der Waals surface area contributed by atoms with E-state index in [1.165, 1.54) is 0 Å². The Kier molecular flexibility index (Phi) is 7.20. The summed E-state index contributed by atoms with van der Waals surface area (Å²) >= 11 is 0. The highest BCUT2D eigenvalue weighted by Gasteiger charge is 2.11. The molecule has 0 aliphatic carbocycles. The molecule has 7 nitrogen and oxygen atoms in total. The Bertz CT molecular complexity index is 750. The number of hydrogen-bond donors (Lipinski definition) is 2. The monoisotopic (exact) mass is 358 g/mol. The third-order valence-corrected chi connectivity index (χ3v) is 3.81. The van der Waals surface area contributed by atoms with Crippen LogP contribution in [0.1, 0.15) is 41.6 Å². The van der Waals surface area contributed by atoms with Crippen LogP contribution in [0.5, 0.6) is 11.5 Å². The van der Waals surface area contributed by atoms with Crippen LogP contribution >= 0.6 is 0 Å². The van der Waals surface area contributed by atoms with E-state index in [0.29, 0.717) is 35.4 Å². The van der Waals surface area contributed by atoms with Crippen LogP contribution in [-0.2, 0) is 6.54 Å². The number of benzene rings is 1. The van der Waals surface area contributed by atoms with Crippen molar-refractivity contribution >= 4 is 11.7 Å². The van der Waals surface area contributed by atoms with E-state index in [1.54, 1.807) is 27.2 Å². The summed E-state index contributed by atoms with van der Waals surface area (Å²) in [5, 5.41) is 6.09. The summed E-state index contributed by atoms with van der Waals surface area (Å²) in [7, 11) is 3.17. The molecule has 0 saturated carbocycles. The number of ether oxygens (including phenoxy) is 2. The third-order valence-electron chi connectivity index (χ3n) is 3.81. The summed E-state index contributed by atoms with van der Waals surface area (Å²) < 4.78 is 10.5. The zero-order valence-electron chi connectivity index (χ0n) is 15.8. The molecule has 0 saturated heterocycles. The largest absolute Gasteiger partial charge is 0.493 e. The Morgan fingerprint density at radius 2 is 1.88 bits per heavy atom. The first-order chi connectivity index (χ1) is 12.6. The van der Waals surface area contributed by atoms with E-state index in [1.807, 2.05) is 18.2 Å². The van der Waals surface area contributed by atoms with E-state index in [-0.39, 0.29) is 5.91 Å². The highest BCUT2D eigenvalue weighted by Crippen LogP contribution is 2.27. The Morgan fingerprint density at radius 3 is 2.58 bits per heavy atom. The molecular formula is C19H26N4O3. The van der Waals surface area contributed by atoms with Crippen molar-refractivity contribution in [1.82, 2.24) is 15.3 Å². The number of unbranched alkanes of at least 4 members (excludes halogenated alkanes) is 1. The zero-order valence-corrected chi connectivity index (χ0v) is 15.8. The van der Waals surface area contributed by atoms with Gasteiger partial charge >= 0.3 is 0 Å². The quantitative estimate of drug-likeness (QED) is 0.671. The second-order valence-corrected chi connectivity index (χ2v) is 5.84. The summed E-state index contributed by atoms with van der Waals surface area (Å²) in [5.74, 6) is 2.25. The minimum Gasteiger partial charge on any atom is -0.493 e. The maximum absolute atomic E-state index is 12.4. The number of anilines is 1. The van der Waals surface area contributed by atoms with Gasteiger partial charge in [0, 0.05) is 19.2 Å². The minimum absolute atomic E-state index is 0.246. The standard InChI is InChI=1S/C19H26N4O3/c1-5-6-9-20-18-11-15(22-13(2)23-18)19(24)21-12-14-7-8-16(25-3)17(10-14)26-4/h7-8,10-11H,5-6,9,12H2,1-4H3,(H,21,24)(H,20,22,23). The lowest BCUT2D eigenvalue weighted by Crippen LogP contribution is -2.24. The number of aryl methyl sites for hydroxylation is 1. The highest BCUT2D eigenvalue weighted by atomic mass is 16.5. The first-order valence-electron chi connectivity index (χ1n) is 8.66. The number of carbonyl (C=O) groups excluding carboxylic acids is 1. The molecule has 2 aromatic rings. The summed E-state index contributed by atoms with van der Waals surface area (Å²) in [6.07, 6.45) is 2.14. The van der Waals surface area contributed by atoms with Crippen LogP contribution in [0.2, 0.25) is 0 Å². The molecular weight excluding hydrogens is 332 g/mol. The molecule has 0 atom stereocenters. The van der Waals surface area contributed by atoms with Gasteiger partial charge in [0.05, 0.1) is 14.2 Å². The summed E-state index contributed by atoms with van der Waals surface area (Å²) in [4.78, 5) is 21.0. The predicted molar refractivity (Wildman–Crippen MR) is 101 cm³/mol. The van der Waals surface area contributed by atoms with Crippen LogP contribution in [0.4, 0.5) is 5.82 Å². The number of nitrogens with one attached hydrogen (secondary N) is 2. The molecule has 0 spiro atoms. The van der Waals surface area contributed by atoms with E-state index in [0.717, 1.165) is 24.9 Å². The average Bonchev–Trinajstić information content (AvgIpc) is 2.65. The molecule has 1 heterocycles. The first kappa shape index (κ1) is 19.5. The van der Waals surface area contributed by atoms with Gasteiger partial charge in [-0.05, 0) is 31.0 Å². The van der Waals surface area contributed by atoms with Crippen molar-refractivity contribution in [1.29, 1.82) is 0 Å². The molecule has 2 rings (SSSR count). The molecule has 0 radical (unpaired) electrons. The van der Waals surface area contributed by atoms with Crippen molar-refractivity contribution in [3.8, 4) is 11.5 Å². The number of rotatable bonds is 9. The van der Waals surface area contributed by atoms with Crippen LogP contribution in [0.3, 0.4) is 0 Å². The number of nitrogens with zero attached hydrogens (tertiary/aromatic N) is 2. The maximum Gasteiger partial charge on any atom is 0.270 e. The fraction of sp³-hybridized carbons (Fsp3) is 0.421. The molecule has 7 heteroatoms. The predicted octanol–water partition coefficient (Wildman–Crippen LogP) is 2.94. The van der Waals surface area contributed by atoms with Gasteiger partial charge in [0.15, 0.2) is 11.5 Å². The third kappa shape index (κ3) is 5.34. The molecule has 0 unspecified atom stereocenters. The summed E-state index contributed by atoms with van der Waals surface area (Å²) in [6, 6.07) is 7.20. The zero-order chi connectivity index (χ0) is 18.9. The molecule has 26 heavy (non-hydrogen) atoms. The lowest BCUT2D eigenvalue weighted by Gasteiger charge is -2.11. The second kappa shape index (κ2) is 9.60. The van der Waals surface area contributed by atoms with Gasteiger partial charge in [0.25, 0.3) is 5.91 Å². The summed E-state index contributed by atoms with van der Waals surface area (Å²) in [5.41, 5.74) is 1.25. The number of amides is 1. The van der Waals surface area contributed by atoms with Crippen molar-refractivity contribution in [2.24, 2.45) is 0 Å². The van der Waals surface area contributed by atoms with Crippen LogP contribution in [0.25, 0.3) is 0 Å². The number of hydrogen-bond acceptors (Lipinski definition) is 6. The molecule has 0 aliphatic heterocycles. The van der Waals surface area contributed by atoms with Crippen molar-refractivity contribution in [2.45, 2.75) is 33.2 Å². The molecule has 2 N–H and O–H groups in total. The van der Waals surface area contributed by atoms with Gasteiger partial charge in [-0.2, -0.15) is 0 Å². The van der Waals surface area contributed by atoms with E-state index in [4.69, 9.17) is 9.47 Å². The first-order valence-corrected chi connectivity index (χ1v) is 8.66. The van der Waals surface area contributed by atoms with Gasteiger partial charge < -0.3 is 20.1 Å². The van der Waals surface area contributed by atoms with E-state index in [2.05, 4.69) is 27.5 Å². The maximum atomic E-state index is 12.4.